The number of halogens is 1. The van der Waals surface area contributed by atoms with Gasteiger partial charge in [0.05, 0.1) is 21.3 Å². The summed E-state index contributed by atoms with van der Waals surface area (Å²) in [6, 6.07) is 17.7. The number of phenolic OH excluding ortho intramolecular Hbond substituents is 2. The highest BCUT2D eigenvalue weighted by atomic mass is 35.5. The molecule has 0 saturated carbocycles. The molecule has 0 saturated heterocycles. The molecular formula is C26H30ClNO5. The monoisotopic (exact) mass is 471 g/mol. The topological polar surface area (TPSA) is 71.4 Å². The van der Waals surface area contributed by atoms with Crippen LogP contribution < -0.4 is 14.2 Å². The zero-order valence-corrected chi connectivity index (χ0v) is 19.9. The molecule has 4 rings (SSSR count). The maximum Gasteiger partial charge on any atom is 0.203 e. The van der Waals surface area contributed by atoms with Gasteiger partial charge >= 0.3 is 0 Å². The lowest BCUT2D eigenvalue weighted by atomic mass is 9.87. The van der Waals surface area contributed by atoms with Crippen LogP contribution in [-0.4, -0.2) is 43.0 Å². The molecule has 0 fully saturated rings. The molecular weight excluding hydrogens is 442 g/mol. The summed E-state index contributed by atoms with van der Waals surface area (Å²) >= 11 is 0. The molecule has 2 N–H and O–H groups in total. The van der Waals surface area contributed by atoms with Crippen molar-refractivity contribution in [3.8, 4) is 28.7 Å². The van der Waals surface area contributed by atoms with Crippen molar-refractivity contribution >= 4 is 12.4 Å². The van der Waals surface area contributed by atoms with Crippen LogP contribution in [0.15, 0.2) is 54.6 Å². The number of rotatable bonds is 7. The standard InChI is InChI=1S/C26H29NO5.ClH/c1-30-24-12-18(13-25(31-2)26(24)32-3)11-21-20-15-23(29)22(28)14-19(20)9-10-27(21)16-17-7-5-4-6-8-17;/h4-8,12-15,21,28-29H,9-11,16H2,1-3H3;1H. The van der Waals surface area contributed by atoms with E-state index in [0.717, 1.165) is 36.2 Å². The fourth-order valence-corrected chi connectivity index (χ4v) is 4.50. The number of hydrogen-bond acceptors (Lipinski definition) is 6. The molecule has 33 heavy (non-hydrogen) atoms. The molecule has 6 nitrogen and oxygen atoms in total. The fourth-order valence-electron chi connectivity index (χ4n) is 4.50. The molecule has 176 valence electrons. The van der Waals surface area contributed by atoms with Gasteiger partial charge in [0.1, 0.15) is 0 Å². The molecule has 0 amide bonds. The van der Waals surface area contributed by atoms with Gasteiger partial charge in [-0.25, -0.2) is 0 Å². The Balaban J connectivity index is 0.00000306. The van der Waals surface area contributed by atoms with Crippen molar-refractivity contribution in [2.45, 2.75) is 25.4 Å². The lowest BCUT2D eigenvalue weighted by molar-refractivity contribution is 0.174. The van der Waals surface area contributed by atoms with Crippen LogP contribution in [0.2, 0.25) is 0 Å². The minimum Gasteiger partial charge on any atom is -0.504 e. The highest BCUT2D eigenvalue weighted by Gasteiger charge is 2.29. The van der Waals surface area contributed by atoms with Crippen LogP contribution in [0.3, 0.4) is 0 Å². The van der Waals surface area contributed by atoms with Crippen molar-refractivity contribution in [1.82, 2.24) is 4.90 Å². The van der Waals surface area contributed by atoms with Crippen LogP contribution in [0.25, 0.3) is 0 Å². The summed E-state index contributed by atoms with van der Waals surface area (Å²) in [5.74, 6) is 1.61. The maximum atomic E-state index is 10.2. The normalized spacial score (nSPS) is 15.3. The van der Waals surface area contributed by atoms with E-state index in [1.807, 2.05) is 30.3 Å². The first-order valence-electron chi connectivity index (χ1n) is 10.7. The molecule has 0 aromatic heterocycles. The zero-order valence-electron chi connectivity index (χ0n) is 19.1. The number of methoxy groups -OCH3 is 3. The molecule has 1 aliphatic heterocycles. The number of nitrogens with zero attached hydrogens (tertiary/aromatic N) is 1. The number of aromatic hydroxyl groups is 2. The summed E-state index contributed by atoms with van der Waals surface area (Å²) in [6.07, 6.45) is 1.49. The smallest absolute Gasteiger partial charge is 0.203 e. The molecule has 1 unspecified atom stereocenters. The van der Waals surface area contributed by atoms with E-state index in [9.17, 15) is 10.2 Å². The van der Waals surface area contributed by atoms with Crippen molar-refractivity contribution < 1.29 is 24.4 Å². The lowest BCUT2D eigenvalue weighted by Gasteiger charge is -2.38. The predicted octanol–water partition coefficient (Wildman–Crippen LogP) is 4.89. The van der Waals surface area contributed by atoms with Crippen LogP contribution in [0.5, 0.6) is 28.7 Å². The van der Waals surface area contributed by atoms with E-state index in [0.29, 0.717) is 23.7 Å². The fraction of sp³-hybridized carbons (Fsp3) is 0.308. The predicted molar refractivity (Wildman–Crippen MR) is 130 cm³/mol. The van der Waals surface area contributed by atoms with E-state index in [1.165, 1.54) is 5.56 Å². The highest BCUT2D eigenvalue weighted by Crippen LogP contribution is 2.42. The summed E-state index contributed by atoms with van der Waals surface area (Å²) < 4.78 is 16.6. The lowest BCUT2D eigenvalue weighted by Crippen LogP contribution is -2.36. The Morgan fingerprint density at radius 3 is 2.09 bits per heavy atom. The second kappa shape index (κ2) is 10.7. The van der Waals surface area contributed by atoms with Gasteiger partial charge in [-0.1, -0.05) is 30.3 Å². The van der Waals surface area contributed by atoms with E-state index in [-0.39, 0.29) is 29.9 Å². The van der Waals surface area contributed by atoms with Gasteiger partial charge in [0, 0.05) is 19.1 Å². The van der Waals surface area contributed by atoms with Gasteiger partial charge in [-0.05, 0) is 59.4 Å². The summed E-state index contributed by atoms with van der Waals surface area (Å²) in [4.78, 5) is 2.41. The molecule has 3 aromatic carbocycles. The first kappa shape index (κ1) is 24.6. The first-order valence-corrected chi connectivity index (χ1v) is 10.7. The minimum absolute atomic E-state index is 0. The molecule has 3 aromatic rings. The van der Waals surface area contributed by atoms with Gasteiger partial charge in [0.2, 0.25) is 5.75 Å². The first-order chi connectivity index (χ1) is 15.5. The molecule has 7 heteroatoms. The van der Waals surface area contributed by atoms with Gasteiger partial charge in [-0.2, -0.15) is 0 Å². The van der Waals surface area contributed by atoms with Gasteiger partial charge in [0.15, 0.2) is 23.0 Å². The zero-order chi connectivity index (χ0) is 22.7. The van der Waals surface area contributed by atoms with E-state index >= 15 is 0 Å². The average molecular weight is 472 g/mol. The minimum atomic E-state index is -0.0970. The van der Waals surface area contributed by atoms with Gasteiger partial charge < -0.3 is 24.4 Å². The molecule has 0 bridgehead atoms. The summed E-state index contributed by atoms with van der Waals surface area (Å²) in [7, 11) is 4.81. The van der Waals surface area contributed by atoms with E-state index in [2.05, 4.69) is 17.0 Å². The van der Waals surface area contributed by atoms with Crippen molar-refractivity contribution in [2.24, 2.45) is 0 Å². The SMILES string of the molecule is COc1cc(CC2c3cc(O)c(O)cc3CCN2Cc2ccccc2)cc(OC)c1OC.Cl. The Labute approximate surface area is 200 Å². The molecule has 0 radical (unpaired) electrons. The third kappa shape index (κ3) is 5.13. The number of hydrogen-bond donors (Lipinski definition) is 2. The molecule has 0 spiro atoms. The summed E-state index contributed by atoms with van der Waals surface area (Å²) in [6.45, 7) is 1.64. The van der Waals surface area contributed by atoms with Crippen LogP contribution in [0.4, 0.5) is 0 Å². The Morgan fingerprint density at radius 2 is 1.48 bits per heavy atom. The average Bonchev–Trinajstić information content (AvgIpc) is 2.81. The second-order valence-electron chi connectivity index (χ2n) is 8.00. The van der Waals surface area contributed by atoms with Crippen molar-refractivity contribution in [3.05, 3.63) is 76.9 Å². The number of benzene rings is 3. The van der Waals surface area contributed by atoms with Crippen molar-refractivity contribution in [1.29, 1.82) is 0 Å². The van der Waals surface area contributed by atoms with Crippen molar-refractivity contribution in [3.63, 3.8) is 0 Å². The Kier molecular flexibility index (Phi) is 7.95. The molecule has 1 atom stereocenters. The quantitative estimate of drug-likeness (QED) is 0.478. The number of phenols is 2. The third-order valence-corrected chi connectivity index (χ3v) is 6.09. The highest BCUT2D eigenvalue weighted by molar-refractivity contribution is 5.85. The maximum absolute atomic E-state index is 10.2. The van der Waals surface area contributed by atoms with Gasteiger partial charge in [-0.3, -0.25) is 4.90 Å². The van der Waals surface area contributed by atoms with Gasteiger partial charge in [-0.15, -0.1) is 12.4 Å². The Hall–Kier alpha value is -3.09. The van der Waals surface area contributed by atoms with E-state index in [1.54, 1.807) is 33.5 Å². The van der Waals surface area contributed by atoms with Gasteiger partial charge in [0.25, 0.3) is 0 Å². The summed E-state index contributed by atoms with van der Waals surface area (Å²) in [5, 5.41) is 20.3. The second-order valence-corrected chi connectivity index (χ2v) is 8.00. The number of fused-ring (bicyclic) bond motifs is 1. The van der Waals surface area contributed by atoms with E-state index in [4.69, 9.17) is 14.2 Å². The Morgan fingerprint density at radius 1 is 0.848 bits per heavy atom. The number of ether oxygens (including phenoxy) is 3. The molecule has 1 aliphatic rings. The van der Waals surface area contributed by atoms with Crippen LogP contribution in [0, 0.1) is 0 Å². The molecule has 1 heterocycles. The van der Waals surface area contributed by atoms with Crippen LogP contribution >= 0.6 is 12.4 Å². The third-order valence-electron chi connectivity index (χ3n) is 6.09. The van der Waals surface area contributed by atoms with Crippen molar-refractivity contribution in [2.75, 3.05) is 27.9 Å². The Bertz CT molecular complexity index is 1060. The summed E-state index contributed by atoms with van der Waals surface area (Å²) in [5.41, 5.74) is 4.34. The van der Waals surface area contributed by atoms with Crippen LogP contribution in [-0.2, 0) is 19.4 Å². The van der Waals surface area contributed by atoms with Crippen LogP contribution in [0.1, 0.15) is 28.3 Å². The van der Waals surface area contributed by atoms with E-state index < -0.39 is 0 Å². The molecule has 0 aliphatic carbocycles. The largest absolute Gasteiger partial charge is 0.504 e.